The van der Waals surface area contributed by atoms with Gasteiger partial charge in [-0.25, -0.2) is 9.18 Å². The molecule has 0 radical (unpaired) electrons. The number of anilines is 2. The molecule has 3 amide bonds. The third-order valence-electron chi connectivity index (χ3n) is 7.11. The predicted molar refractivity (Wildman–Crippen MR) is 140 cm³/mol. The Hall–Kier alpha value is -3.99. The second-order valence-corrected chi connectivity index (χ2v) is 10.0. The van der Waals surface area contributed by atoms with Crippen molar-refractivity contribution in [2.24, 2.45) is 11.5 Å². The topological polar surface area (TPSA) is 148 Å². The lowest BCUT2D eigenvalue weighted by Crippen LogP contribution is -2.59. The van der Waals surface area contributed by atoms with Gasteiger partial charge in [0.05, 0.1) is 30.0 Å². The SMILES string of the molecule is CC(=O)NC[C@H]1CN(c2ccc(C3(C)CN(c4c(C(N)=O)ccc(CCN)c4CC=O)C3)c(F)c2)C(=O)O1. The summed E-state index contributed by atoms with van der Waals surface area (Å²) in [6, 6.07) is 8.05. The largest absolute Gasteiger partial charge is 0.442 e. The first-order chi connectivity index (χ1) is 18.1. The van der Waals surface area contributed by atoms with Crippen LogP contribution in [0.3, 0.4) is 0 Å². The van der Waals surface area contributed by atoms with Crippen LogP contribution in [0.4, 0.5) is 20.6 Å². The summed E-state index contributed by atoms with van der Waals surface area (Å²) >= 11 is 0. The average molecular weight is 526 g/mol. The van der Waals surface area contributed by atoms with Gasteiger partial charge in [0.15, 0.2) is 0 Å². The van der Waals surface area contributed by atoms with Crippen molar-refractivity contribution >= 4 is 35.6 Å². The molecule has 4 rings (SSSR count). The molecule has 0 aromatic heterocycles. The molecule has 2 saturated heterocycles. The van der Waals surface area contributed by atoms with Crippen LogP contribution in [-0.2, 0) is 32.6 Å². The van der Waals surface area contributed by atoms with E-state index in [1.165, 1.54) is 17.9 Å². The van der Waals surface area contributed by atoms with Crippen molar-refractivity contribution in [1.29, 1.82) is 0 Å². The highest BCUT2D eigenvalue weighted by Gasteiger charge is 2.44. The molecule has 5 N–H and O–H groups in total. The van der Waals surface area contributed by atoms with E-state index in [0.717, 1.165) is 11.8 Å². The van der Waals surface area contributed by atoms with Gasteiger partial charge in [-0.05, 0) is 47.9 Å². The van der Waals surface area contributed by atoms with E-state index >= 15 is 4.39 Å². The van der Waals surface area contributed by atoms with E-state index in [4.69, 9.17) is 16.2 Å². The van der Waals surface area contributed by atoms with Gasteiger partial charge in [0.2, 0.25) is 5.91 Å². The fourth-order valence-electron chi connectivity index (χ4n) is 5.32. The van der Waals surface area contributed by atoms with Gasteiger partial charge in [-0.3, -0.25) is 14.5 Å². The van der Waals surface area contributed by atoms with Crippen molar-refractivity contribution in [3.63, 3.8) is 0 Å². The average Bonchev–Trinajstić information content (AvgIpc) is 3.22. The Labute approximate surface area is 220 Å². The van der Waals surface area contributed by atoms with Crippen LogP contribution in [0.2, 0.25) is 0 Å². The highest BCUT2D eigenvalue weighted by molar-refractivity contribution is 6.00. The van der Waals surface area contributed by atoms with Gasteiger partial charge in [0.25, 0.3) is 5.91 Å². The smallest absolute Gasteiger partial charge is 0.414 e. The first-order valence-electron chi connectivity index (χ1n) is 12.4. The number of aldehydes is 1. The molecular formula is C27H32FN5O5. The number of nitrogens with zero attached hydrogens (tertiary/aromatic N) is 2. The molecule has 2 fully saturated rings. The minimum atomic E-state index is -0.607. The van der Waals surface area contributed by atoms with Crippen LogP contribution in [0, 0.1) is 5.82 Å². The molecule has 2 aliphatic rings. The van der Waals surface area contributed by atoms with Gasteiger partial charge in [-0.1, -0.05) is 19.1 Å². The fourth-order valence-corrected chi connectivity index (χ4v) is 5.32. The maximum absolute atomic E-state index is 15.4. The zero-order valence-electron chi connectivity index (χ0n) is 21.5. The molecule has 11 heteroatoms. The number of benzene rings is 2. The number of rotatable bonds is 10. The van der Waals surface area contributed by atoms with Gasteiger partial charge in [-0.15, -0.1) is 0 Å². The van der Waals surface area contributed by atoms with E-state index in [-0.39, 0.29) is 25.4 Å². The summed E-state index contributed by atoms with van der Waals surface area (Å²) in [5.74, 6) is -1.31. The molecule has 1 atom stereocenters. The summed E-state index contributed by atoms with van der Waals surface area (Å²) in [5, 5.41) is 2.61. The molecule has 202 valence electrons. The maximum Gasteiger partial charge on any atom is 0.414 e. The predicted octanol–water partition coefficient (Wildman–Crippen LogP) is 1.41. The zero-order valence-corrected chi connectivity index (χ0v) is 21.5. The molecule has 0 bridgehead atoms. The lowest BCUT2D eigenvalue weighted by molar-refractivity contribution is -0.119. The van der Waals surface area contributed by atoms with E-state index < -0.39 is 29.3 Å². The number of hydrogen-bond acceptors (Lipinski definition) is 7. The van der Waals surface area contributed by atoms with Gasteiger partial charge in [0.1, 0.15) is 18.2 Å². The molecule has 2 aliphatic heterocycles. The maximum atomic E-state index is 15.4. The number of carbonyl (C=O) groups is 4. The Morgan fingerprint density at radius 3 is 2.61 bits per heavy atom. The van der Waals surface area contributed by atoms with Crippen LogP contribution in [-0.4, -0.2) is 63.0 Å². The molecule has 0 unspecified atom stereocenters. The van der Waals surface area contributed by atoms with E-state index in [1.807, 2.05) is 11.8 Å². The number of primary amides is 1. The lowest BCUT2D eigenvalue weighted by atomic mass is 9.74. The summed E-state index contributed by atoms with van der Waals surface area (Å²) in [4.78, 5) is 50.4. The molecule has 0 spiro atoms. The third-order valence-corrected chi connectivity index (χ3v) is 7.11. The molecule has 0 aliphatic carbocycles. The van der Waals surface area contributed by atoms with E-state index in [2.05, 4.69) is 5.32 Å². The summed E-state index contributed by atoms with van der Waals surface area (Å²) in [5.41, 5.74) is 14.1. The second-order valence-electron chi connectivity index (χ2n) is 10.0. The Balaban J connectivity index is 1.56. The summed E-state index contributed by atoms with van der Waals surface area (Å²) in [6.07, 6.45) is 0.303. The zero-order chi connectivity index (χ0) is 27.6. The fraction of sp³-hybridized carbons (Fsp3) is 0.407. The number of nitrogens with one attached hydrogen (secondary N) is 1. The number of halogens is 1. The van der Waals surface area contributed by atoms with Crippen LogP contribution in [0.5, 0.6) is 0 Å². The van der Waals surface area contributed by atoms with Crippen LogP contribution >= 0.6 is 0 Å². The minimum absolute atomic E-state index is 0.108. The summed E-state index contributed by atoms with van der Waals surface area (Å²) < 4.78 is 20.7. The third kappa shape index (κ3) is 5.19. The first-order valence-corrected chi connectivity index (χ1v) is 12.4. The van der Waals surface area contributed by atoms with E-state index in [0.29, 0.717) is 54.1 Å². The van der Waals surface area contributed by atoms with Gasteiger partial charge >= 0.3 is 6.09 Å². The number of ether oxygens (including phenoxy) is 1. The molecule has 2 aromatic rings. The van der Waals surface area contributed by atoms with Crippen LogP contribution in [0.15, 0.2) is 30.3 Å². The van der Waals surface area contributed by atoms with Crippen molar-refractivity contribution in [2.75, 3.05) is 42.5 Å². The highest BCUT2D eigenvalue weighted by atomic mass is 19.1. The molecule has 38 heavy (non-hydrogen) atoms. The monoisotopic (exact) mass is 525 g/mol. The van der Waals surface area contributed by atoms with Gasteiger partial charge in [0, 0.05) is 31.8 Å². The summed E-state index contributed by atoms with van der Waals surface area (Å²) in [6.45, 7) is 4.84. The quantitative estimate of drug-likeness (QED) is 0.397. The molecule has 2 heterocycles. The van der Waals surface area contributed by atoms with Crippen LogP contribution in [0.1, 0.15) is 40.9 Å². The van der Waals surface area contributed by atoms with Gasteiger partial charge in [-0.2, -0.15) is 0 Å². The number of cyclic esters (lactones) is 1. The number of carbonyl (C=O) groups excluding carboxylic acids is 4. The summed E-state index contributed by atoms with van der Waals surface area (Å²) in [7, 11) is 0. The minimum Gasteiger partial charge on any atom is -0.442 e. The molecule has 10 nitrogen and oxygen atoms in total. The molecule has 2 aromatic carbocycles. The second kappa shape index (κ2) is 10.8. The van der Waals surface area contributed by atoms with E-state index in [1.54, 1.807) is 24.3 Å². The van der Waals surface area contributed by atoms with Crippen molar-refractivity contribution in [3.05, 3.63) is 58.4 Å². The van der Waals surface area contributed by atoms with Crippen molar-refractivity contribution in [1.82, 2.24) is 5.32 Å². The number of nitrogens with two attached hydrogens (primary N) is 2. The number of hydrogen-bond donors (Lipinski definition) is 3. The van der Waals surface area contributed by atoms with E-state index in [9.17, 15) is 19.2 Å². The van der Waals surface area contributed by atoms with Crippen LogP contribution in [0.25, 0.3) is 0 Å². The van der Waals surface area contributed by atoms with Crippen molar-refractivity contribution < 1.29 is 28.3 Å². The Morgan fingerprint density at radius 2 is 2.00 bits per heavy atom. The Kier molecular flexibility index (Phi) is 7.68. The number of amides is 3. The van der Waals surface area contributed by atoms with Crippen molar-refractivity contribution in [2.45, 2.75) is 38.2 Å². The lowest BCUT2D eigenvalue weighted by Gasteiger charge is -2.51. The normalized spacial score (nSPS) is 18.1. The Bertz CT molecular complexity index is 1280. The first kappa shape index (κ1) is 27.1. The molecular weight excluding hydrogens is 493 g/mol. The van der Waals surface area contributed by atoms with Gasteiger partial charge < -0.3 is 31.2 Å². The van der Waals surface area contributed by atoms with Crippen molar-refractivity contribution in [3.8, 4) is 0 Å². The standard InChI is InChI=1S/C27H32FN5O5/c1-16(35)31-12-19-13-33(26(37)38-19)18-4-6-22(23(28)11-18)27(2)14-32(15-27)24-20(8-10-34)17(7-9-29)3-5-21(24)25(30)36/h3-6,10-11,19H,7-9,12-15,29H2,1-2H3,(H2,30,36)(H,31,35)/t19-/m0/s1. The highest BCUT2D eigenvalue weighted by Crippen LogP contribution is 2.42. The Morgan fingerprint density at radius 1 is 1.26 bits per heavy atom. The van der Waals surface area contributed by atoms with Crippen LogP contribution < -0.4 is 26.6 Å². The molecule has 0 saturated carbocycles.